The summed E-state index contributed by atoms with van der Waals surface area (Å²) >= 11 is 0. The van der Waals surface area contributed by atoms with Gasteiger partial charge in [-0.25, -0.2) is 0 Å². The zero-order chi connectivity index (χ0) is 20.1. The minimum atomic E-state index is 0.778. The summed E-state index contributed by atoms with van der Waals surface area (Å²) in [6.07, 6.45) is 3.59. The summed E-state index contributed by atoms with van der Waals surface area (Å²) in [6, 6.07) is 17.5. The van der Waals surface area contributed by atoms with Gasteiger partial charge in [0.15, 0.2) is 0 Å². The quantitative estimate of drug-likeness (QED) is 0.728. The van der Waals surface area contributed by atoms with E-state index >= 15 is 0 Å². The molecule has 1 atom stereocenters. The van der Waals surface area contributed by atoms with E-state index in [4.69, 9.17) is 4.74 Å². The van der Waals surface area contributed by atoms with E-state index in [1.165, 1.54) is 56.0 Å². The highest BCUT2D eigenvalue weighted by Gasteiger charge is 2.26. The fraction of sp³-hybridized carbons (Fsp3) is 0.520. The van der Waals surface area contributed by atoms with Crippen LogP contribution in [0.3, 0.4) is 0 Å². The summed E-state index contributed by atoms with van der Waals surface area (Å²) < 4.78 is 5.67. The van der Waals surface area contributed by atoms with Crippen LogP contribution in [0.1, 0.15) is 25.3 Å². The molecular weight excluding hydrogens is 358 g/mol. The van der Waals surface area contributed by atoms with Gasteiger partial charge in [0.25, 0.3) is 0 Å². The molecule has 2 aromatic carbocycles. The lowest BCUT2D eigenvalue weighted by atomic mass is 10.1. The molecule has 4 rings (SSSR count). The molecule has 0 aliphatic carbocycles. The molecule has 1 unspecified atom stereocenters. The highest BCUT2D eigenvalue weighted by molar-refractivity contribution is 5.60. The smallest absolute Gasteiger partial charge is 0.142 e. The highest BCUT2D eigenvalue weighted by atomic mass is 16.5. The first kappa shape index (κ1) is 20.1. The molecule has 0 radical (unpaired) electrons. The van der Waals surface area contributed by atoms with Gasteiger partial charge in [0.2, 0.25) is 0 Å². The summed E-state index contributed by atoms with van der Waals surface area (Å²) in [5, 5.41) is 0. The maximum absolute atomic E-state index is 5.67. The van der Waals surface area contributed by atoms with Crippen molar-refractivity contribution in [2.75, 3.05) is 62.7 Å². The van der Waals surface area contributed by atoms with Gasteiger partial charge in [0.1, 0.15) is 5.75 Å². The van der Waals surface area contributed by atoms with E-state index in [1.54, 1.807) is 7.11 Å². The van der Waals surface area contributed by atoms with Crippen LogP contribution in [0.5, 0.6) is 5.75 Å². The fourth-order valence-electron chi connectivity index (χ4n) is 4.82. The molecule has 0 bridgehead atoms. The van der Waals surface area contributed by atoms with Crippen molar-refractivity contribution in [3.63, 3.8) is 0 Å². The van der Waals surface area contributed by atoms with Gasteiger partial charge in [-0.3, -0.25) is 0 Å². The van der Waals surface area contributed by atoms with Crippen molar-refractivity contribution < 1.29 is 4.74 Å². The van der Waals surface area contributed by atoms with Gasteiger partial charge in [-0.1, -0.05) is 31.2 Å². The average Bonchev–Trinajstić information content (AvgIpc) is 3.12. The molecule has 0 spiro atoms. The third kappa shape index (κ3) is 4.87. The van der Waals surface area contributed by atoms with E-state index in [0.717, 1.165) is 37.7 Å². The lowest BCUT2D eigenvalue weighted by molar-refractivity contribution is 0.253. The number of aryl methyl sites for hydroxylation is 1. The van der Waals surface area contributed by atoms with Crippen molar-refractivity contribution in [1.29, 1.82) is 0 Å². The predicted octanol–water partition coefficient (Wildman–Crippen LogP) is 4.30. The maximum Gasteiger partial charge on any atom is 0.142 e. The zero-order valence-electron chi connectivity index (χ0n) is 18.0. The van der Waals surface area contributed by atoms with Crippen molar-refractivity contribution in [2.45, 2.75) is 26.2 Å². The van der Waals surface area contributed by atoms with Crippen molar-refractivity contribution in [3.8, 4) is 5.75 Å². The Bertz CT molecular complexity index is 779. The normalized spacial score (nSPS) is 20.7. The largest absolute Gasteiger partial charge is 0.495 e. The molecule has 2 aliphatic rings. The van der Waals surface area contributed by atoms with Gasteiger partial charge in [0.05, 0.1) is 12.8 Å². The minimum Gasteiger partial charge on any atom is -0.495 e. The van der Waals surface area contributed by atoms with Gasteiger partial charge >= 0.3 is 0 Å². The number of ether oxygens (including phenoxy) is 1. The lowest BCUT2D eigenvalue weighted by Gasteiger charge is -2.27. The van der Waals surface area contributed by atoms with Crippen molar-refractivity contribution >= 4 is 11.4 Å². The van der Waals surface area contributed by atoms with E-state index in [9.17, 15) is 0 Å². The zero-order valence-corrected chi connectivity index (χ0v) is 18.0. The average molecular weight is 394 g/mol. The summed E-state index contributed by atoms with van der Waals surface area (Å²) in [5.74, 6) is 1.78. The maximum atomic E-state index is 5.67. The molecule has 2 fully saturated rings. The van der Waals surface area contributed by atoms with Crippen molar-refractivity contribution in [1.82, 2.24) is 4.90 Å². The van der Waals surface area contributed by atoms with Crippen molar-refractivity contribution in [3.05, 3.63) is 54.1 Å². The second kappa shape index (κ2) is 9.53. The minimum absolute atomic E-state index is 0.778. The molecular formula is C25H35N3O. The van der Waals surface area contributed by atoms with E-state index in [2.05, 4.69) is 70.2 Å². The second-order valence-electron chi connectivity index (χ2n) is 8.44. The topological polar surface area (TPSA) is 19.0 Å². The number of nitrogens with zero attached hydrogens (tertiary/aromatic N) is 3. The van der Waals surface area contributed by atoms with Crippen LogP contribution >= 0.6 is 0 Å². The summed E-state index contributed by atoms with van der Waals surface area (Å²) in [6.45, 7) is 10.4. The number of anilines is 2. The first-order chi connectivity index (χ1) is 14.3. The monoisotopic (exact) mass is 393 g/mol. The molecule has 2 aliphatic heterocycles. The van der Waals surface area contributed by atoms with Gasteiger partial charge in [-0.15, -0.1) is 0 Å². The molecule has 0 amide bonds. The molecule has 4 heteroatoms. The highest BCUT2D eigenvalue weighted by Crippen LogP contribution is 2.31. The molecule has 2 aromatic rings. The Kier molecular flexibility index (Phi) is 6.60. The van der Waals surface area contributed by atoms with Crippen LogP contribution in [0.25, 0.3) is 0 Å². The number of rotatable bonds is 6. The van der Waals surface area contributed by atoms with E-state index < -0.39 is 0 Å². The molecule has 0 N–H and O–H groups in total. The Morgan fingerprint density at radius 3 is 2.59 bits per heavy atom. The van der Waals surface area contributed by atoms with Crippen LogP contribution in [0, 0.1) is 5.92 Å². The standard InChI is InChI=1S/C25H35N3O/c1-3-21-10-11-25(29-2)24(18-21)27-14-7-13-26(16-17-27)19-22-12-15-28(20-22)23-8-5-4-6-9-23/h4-6,8-11,18,22H,3,7,12-17,19-20H2,1-2H3. The Balaban J connectivity index is 1.34. The first-order valence-electron chi connectivity index (χ1n) is 11.2. The Labute approximate surface area is 176 Å². The van der Waals surface area contributed by atoms with Crippen LogP contribution in [0.15, 0.2) is 48.5 Å². The third-order valence-electron chi connectivity index (χ3n) is 6.50. The molecule has 4 nitrogen and oxygen atoms in total. The SMILES string of the molecule is CCc1ccc(OC)c(N2CCCN(CC3CCN(c4ccccc4)C3)CC2)c1. The Morgan fingerprint density at radius 1 is 0.931 bits per heavy atom. The van der Waals surface area contributed by atoms with Crippen LogP contribution < -0.4 is 14.5 Å². The van der Waals surface area contributed by atoms with Gasteiger partial charge in [-0.05, 0) is 61.6 Å². The number of para-hydroxylation sites is 1. The molecule has 0 aromatic heterocycles. The van der Waals surface area contributed by atoms with Gasteiger partial charge in [0, 0.05) is 45.0 Å². The Hall–Kier alpha value is -2.20. The predicted molar refractivity (Wildman–Crippen MR) is 122 cm³/mol. The summed E-state index contributed by atoms with van der Waals surface area (Å²) in [5.41, 5.74) is 4.03. The van der Waals surface area contributed by atoms with E-state index in [0.29, 0.717) is 0 Å². The lowest BCUT2D eigenvalue weighted by Crippen LogP contribution is -2.35. The van der Waals surface area contributed by atoms with E-state index in [-0.39, 0.29) is 0 Å². The number of hydrogen-bond acceptors (Lipinski definition) is 4. The van der Waals surface area contributed by atoms with E-state index in [1.807, 2.05) is 0 Å². The van der Waals surface area contributed by atoms with Crippen LogP contribution in [0.4, 0.5) is 11.4 Å². The Morgan fingerprint density at radius 2 is 1.79 bits per heavy atom. The van der Waals surface area contributed by atoms with Crippen LogP contribution in [-0.2, 0) is 6.42 Å². The molecule has 29 heavy (non-hydrogen) atoms. The molecule has 2 heterocycles. The van der Waals surface area contributed by atoms with Crippen LogP contribution in [0.2, 0.25) is 0 Å². The number of benzene rings is 2. The molecule has 0 saturated carbocycles. The van der Waals surface area contributed by atoms with Crippen molar-refractivity contribution in [2.24, 2.45) is 5.92 Å². The fourth-order valence-corrected chi connectivity index (χ4v) is 4.82. The molecule has 156 valence electrons. The number of hydrogen-bond donors (Lipinski definition) is 0. The second-order valence-corrected chi connectivity index (χ2v) is 8.44. The third-order valence-corrected chi connectivity index (χ3v) is 6.50. The first-order valence-corrected chi connectivity index (χ1v) is 11.2. The van der Waals surface area contributed by atoms with Crippen LogP contribution in [-0.4, -0.2) is 57.8 Å². The van der Waals surface area contributed by atoms with Gasteiger partial charge < -0.3 is 19.4 Å². The molecule has 2 saturated heterocycles. The number of methoxy groups -OCH3 is 1. The summed E-state index contributed by atoms with van der Waals surface area (Å²) in [7, 11) is 1.78. The summed E-state index contributed by atoms with van der Waals surface area (Å²) in [4.78, 5) is 7.77. The van der Waals surface area contributed by atoms with Gasteiger partial charge in [-0.2, -0.15) is 0 Å².